The number of rotatable bonds is 4. The molecule has 0 saturated carbocycles. The third kappa shape index (κ3) is 2.34. The van der Waals surface area contributed by atoms with Crippen LogP contribution in [-0.2, 0) is 6.54 Å². The van der Waals surface area contributed by atoms with E-state index in [1.54, 1.807) is 6.07 Å². The van der Waals surface area contributed by atoms with Gasteiger partial charge in [0.05, 0.1) is 5.52 Å². The Hall–Kier alpha value is -1.35. The maximum absolute atomic E-state index is 13.3. The molecule has 2 nitrogen and oxygen atoms in total. The summed E-state index contributed by atoms with van der Waals surface area (Å²) in [6, 6.07) is 7.45. The van der Waals surface area contributed by atoms with Crippen LogP contribution in [0, 0.1) is 5.82 Å². The SMILES string of the molecule is CCNCc1cc2ccc(F)cc2n1C(C)C. The minimum atomic E-state index is -0.174. The van der Waals surface area contributed by atoms with Gasteiger partial charge in [-0.25, -0.2) is 4.39 Å². The third-order valence-corrected chi connectivity index (χ3v) is 2.96. The first-order valence-electron chi connectivity index (χ1n) is 6.13. The van der Waals surface area contributed by atoms with Gasteiger partial charge >= 0.3 is 0 Å². The molecule has 1 aromatic heterocycles. The van der Waals surface area contributed by atoms with E-state index in [1.165, 1.54) is 11.8 Å². The first-order valence-corrected chi connectivity index (χ1v) is 6.13. The van der Waals surface area contributed by atoms with E-state index >= 15 is 0 Å². The van der Waals surface area contributed by atoms with Gasteiger partial charge in [0.2, 0.25) is 0 Å². The molecule has 2 rings (SSSR count). The number of fused-ring (bicyclic) bond motifs is 1. The van der Waals surface area contributed by atoms with Crippen LogP contribution in [0.5, 0.6) is 0 Å². The predicted molar refractivity (Wildman–Crippen MR) is 69.7 cm³/mol. The maximum Gasteiger partial charge on any atom is 0.125 e. The molecule has 0 aliphatic carbocycles. The van der Waals surface area contributed by atoms with Gasteiger partial charge in [-0.05, 0) is 44.7 Å². The van der Waals surface area contributed by atoms with Gasteiger partial charge in [0.15, 0.2) is 0 Å². The van der Waals surface area contributed by atoms with E-state index in [-0.39, 0.29) is 5.82 Å². The molecule has 0 amide bonds. The molecule has 17 heavy (non-hydrogen) atoms. The van der Waals surface area contributed by atoms with Crippen LogP contribution in [0.4, 0.5) is 4.39 Å². The lowest BCUT2D eigenvalue weighted by atomic mass is 10.2. The van der Waals surface area contributed by atoms with Gasteiger partial charge in [0.25, 0.3) is 0 Å². The zero-order valence-corrected chi connectivity index (χ0v) is 10.6. The van der Waals surface area contributed by atoms with Crippen LogP contribution in [0.2, 0.25) is 0 Å². The first kappa shape index (κ1) is 12.1. The number of benzene rings is 1. The van der Waals surface area contributed by atoms with E-state index in [0.29, 0.717) is 6.04 Å². The molecule has 0 radical (unpaired) electrons. The molecule has 0 unspecified atom stereocenters. The summed E-state index contributed by atoms with van der Waals surface area (Å²) in [5.74, 6) is -0.174. The summed E-state index contributed by atoms with van der Waals surface area (Å²) in [6.45, 7) is 8.10. The summed E-state index contributed by atoms with van der Waals surface area (Å²) in [7, 11) is 0. The molecule has 0 aliphatic heterocycles. The Bertz CT molecular complexity index is 514. The lowest BCUT2D eigenvalue weighted by molar-refractivity contribution is 0.570. The molecule has 0 fully saturated rings. The van der Waals surface area contributed by atoms with Crippen LogP contribution in [-0.4, -0.2) is 11.1 Å². The largest absolute Gasteiger partial charge is 0.341 e. The molecule has 1 N–H and O–H groups in total. The molecule has 3 heteroatoms. The number of aromatic nitrogens is 1. The van der Waals surface area contributed by atoms with Crippen molar-refractivity contribution in [3.8, 4) is 0 Å². The van der Waals surface area contributed by atoms with Crippen molar-refractivity contribution in [1.82, 2.24) is 9.88 Å². The Labute approximate surface area is 101 Å². The van der Waals surface area contributed by atoms with Crippen molar-refractivity contribution in [2.45, 2.75) is 33.4 Å². The quantitative estimate of drug-likeness (QED) is 0.857. The Morgan fingerprint density at radius 1 is 1.29 bits per heavy atom. The second kappa shape index (κ2) is 4.88. The van der Waals surface area contributed by atoms with Gasteiger partial charge in [0, 0.05) is 23.7 Å². The molecule has 0 bridgehead atoms. The van der Waals surface area contributed by atoms with Crippen LogP contribution in [0.1, 0.15) is 32.5 Å². The maximum atomic E-state index is 13.3. The first-order chi connectivity index (χ1) is 8.13. The zero-order valence-electron chi connectivity index (χ0n) is 10.6. The summed E-state index contributed by atoms with van der Waals surface area (Å²) in [6.07, 6.45) is 0. The highest BCUT2D eigenvalue weighted by Gasteiger charge is 2.11. The van der Waals surface area contributed by atoms with Crippen molar-refractivity contribution in [1.29, 1.82) is 0 Å². The fraction of sp³-hybridized carbons (Fsp3) is 0.429. The normalized spacial score (nSPS) is 11.6. The van der Waals surface area contributed by atoms with E-state index in [0.717, 1.165) is 24.0 Å². The van der Waals surface area contributed by atoms with Crippen molar-refractivity contribution in [3.05, 3.63) is 35.8 Å². The van der Waals surface area contributed by atoms with Gasteiger partial charge in [0.1, 0.15) is 5.82 Å². The molecule has 92 valence electrons. The van der Waals surface area contributed by atoms with E-state index in [1.807, 2.05) is 6.07 Å². The summed E-state index contributed by atoms with van der Waals surface area (Å²) in [5, 5.41) is 4.43. The summed E-state index contributed by atoms with van der Waals surface area (Å²) >= 11 is 0. The van der Waals surface area contributed by atoms with Crippen LogP contribution in [0.3, 0.4) is 0 Å². The highest BCUT2D eigenvalue weighted by Crippen LogP contribution is 2.24. The van der Waals surface area contributed by atoms with Gasteiger partial charge in [-0.15, -0.1) is 0 Å². The van der Waals surface area contributed by atoms with Crippen LogP contribution < -0.4 is 5.32 Å². The molecule has 2 aromatic rings. The molecule has 0 saturated heterocycles. The third-order valence-electron chi connectivity index (χ3n) is 2.96. The van der Waals surface area contributed by atoms with Crippen molar-refractivity contribution in [3.63, 3.8) is 0 Å². The second-order valence-electron chi connectivity index (χ2n) is 4.58. The lowest BCUT2D eigenvalue weighted by Crippen LogP contribution is -2.16. The summed E-state index contributed by atoms with van der Waals surface area (Å²) in [5.41, 5.74) is 2.19. The highest BCUT2D eigenvalue weighted by molar-refractivity contribution is 5.81. The van der Waals surface area contributed by atoms with Gasteiger partial charge in [-0.1, -0.05) is 6.92 Å². The topological polar surface area (TPSA) is 17.0 Å². The average Bonchev–Trinajstić information content (AvgIpc) is 2.63. The monoisotopic (exact) mass is 234 g/mol. The molecule has 0 atom stereocenters. The fourth-order valence-electron chi connectivity index (χ4n) is 2.25. The number of nitrogens with zero attached hydrogens (tertiary/aromatic N) is 1. The van der Waals surface area contributed by atoms with Crippen molar-refractivity contribution < 1.29 is 4.39 Å². The summed E-state index contributed by atoms with van der Waals surface area (Å²) < 4.78 is 15.5. The standard InChI is InChI=1S/C14H19FN2/c1-4-16-9-13-7-11-5-6-12(15)8-14(11)17(13)10(2)3/h5-8,10,16H,4,9H2,1-3H3. The zero-order chi connectivity index (χ0) is 12.4. The van der Waals surface area contributed by atoms with E-state index in [4.69, 9.17) is 0 Å². The Balaban J connectivity index is 2.54. The summed E-state index contributed by atoms with van der Waals surface area (Å²) in [4.78, 5) is 0. The average molecular weight is 234 g/mol. The minimum absolute atomic E-state index is 0.174. The Kier molecular flexibility index (Phi) is 3.48. The molecule has 0 spiro atoms. The van der Waals surface area contributed by atoms with Gasteiger partial charge in [-0.3, -0.25) is 0 Å². The smallest absolute Gasteiger partial charge is 0.125 e. The van der Waals surface area contributed by atoms with Crippen molar-refractivity contribution in [2.24, 2.45) is 0 Å². The van der Waals surface area contributed by atoms with Gasteiger partial charge in [-0.2, -0.15) is 0 Å². The number of hydrogen-bond donors (Lipinski definition) is 1. The lowest BCUT2D eigenvalue weighted by Gasteiger charge is -2.14. The Morgan fingerprint density at radius 3 is 2.71 bits per heavy atom. The van der Waals surface area contributed by atoms with E-state index in [2.05, 4.69) is 36.7 Å². The minimum Gasteiger partial charge on any atom is -0.341 e. The predicted octanol–water partition coefficient (Wildman–Crippen LogP) is 3.47. The van der Waals surface area contributed by atoms with E-state index < -0.39 is 0 Å². The van der Waals surface area contributed by atoms with Crippen LogP contribution >= 0.6 is 0 Å². The number of halogens is 1. The Morgan fingerprint density at radius 2 is 2.06 bits per heavy atom. The molecule has 0 aliphatic rings. The number of hydrogen-bond acceptors (Lipinski definition) is 1. The van der Waals surface area contributed by atoms with E-state index in [9.17, 15) is 4.39 Å². The number of nitrogens with one attached hydrogen (secondary N) is 1. The van der Waals surface area contributed by atoms with Crippen molar-refractivity contribution >= 4 is 10.9 Å². The molecular weight excluding hydrogens is 215 g/mol. The molecular formula is C14H19FN2. The van der Waals surface area contributed by atoms with Crippen molar-refractivity contribution in [2.75, 3.05) is 6.54 Å². The highest BCUT2D eigenvalue weighted by atomic mass is 19.1. The van der Waals surface area contributed by atoms with Crippen LogP contribution in [0.15, 0.2) is 24.3 Å². The molecule has 1 aromatic carbocycles. The molecule has 1 heterocycles. The second-order valence-corrected chi connectivity index (χ2v) is 4.58. The van der Waals surface area contributed by atoms with Gasteiger partial charge < -0.3 is 9.88 Å². The fourth-order valence-corrected chi connectivity index (χ4v) is 2.25. The van der Waals surface area contributed by atoms with Crippen LogP contribution in [0.25, 0.3) is 10.9 Å².